The fraction of sp³-hybridized carbons (Fsp3) is 0.562. The van der Waals surface area contributed by atoms with E-state index in [1.807, 2.05) is 18.7 Å². The maximum absolute atomic E-state index is 11.9. The van der Waals surface area contributed by atoms with Crippen molar-refractivity contribution in [3.8, 4) is 0 Å². The number of nitrogens with zero attached hydrogens (tertiary/aromatic N) is 1. The Morgan fingerprint density at radius 2 is 1.72 bits per heavy atom. The summed E-state index contributed by atoms with van der Waals surface area (Å²) < 4.78 is 0. The molecule has 1 aliphatic heterocycles. The Bertz CT molecular complexity index is 400. The van der Waals surface area contributed by atoms with E-state index in [-0.39, 0.29) is 5.92 Å². The SMILES string of the molecule is Cc1ccc(C2CCN(C(=O)C(C)C)CC2)cc1. The van der Waals surface area contributed by atoms with E-state index in [0.717, 1.165) is 25.9 Å². The zero-order valence-corrected chi connectivity index (χ0v) is 11.6. The van der Waals surface area contributed by atoms with Crippen LogP contribution in [0, 0.1) is 12.8 Å². The molecular formula is C16H23NO. The lowest BCUT2D eigenvalue weighted by Crippen LogP contribution is -2.40. The summed E-state index contributed by atoms with van der Waals surface area (Å²) in [4.78, 5) is 13.9. The standard InChI is InChI=1S/C16H23NO/c1-12(2)16(18)17-10-8-15(9-11-17)14-6-4-13(3)5-7-14/h4-7,12,15H,8-11H2,1-3H3. The van der Waals surface area contributed by atoms with Crippen molar-refractivity contribution >= 4 is 5.91 Å². The van der Waals surface area contributed by atoms with Gasteiger partial charge in [-0.1, -0.05) is 43.7 Å². The van der Waals surface area contributed by atoms with Crippen LogP contribution in [0.15, 0.2) is 24.3 Å². The Morgan fingerprint density at radius 3 is 2.22 bits per heavy atom. The molecule has 1 heterocycles. The molecule has 0 unspecified atom stereocenters. The molecule has 1 fully saturated rings. The second kappa shape index (κ2) is 5.55. The molecule has 18 heavy (non-hydrogen) atoms. The van der Waals surface area contributed by atoms with Gasteiger partial charge in [-0.3, -0.25) is 4.79 Å². The number of likely N-dealkylation sites (tertiary alicyclic amines) is 1. The number of hydrogen-bond donors (Lipinski definition) is 0. The molecule has 0 bridgehead atoms. The third kappa shape index (κ3) is 2.92. The van der Waals surface area contributed by atoms with Crippen molar-refractivity contribution in [1.29, 1.82) is 0 Å². The summed E-state index contributed by atoms with van der Waals surface area (Å²) in [7, 11) is 0. The lowest BCUT2D eigenvalue weighted by atomic mass is 9.89. The highest BCUT2D eigenvalue weighted by Gasteiger charge is 2.24. The molecule has 2 heteroatoms. The minimum Gasteiger partial charge on any atom is -0.342 e. The van der Waals surface area contributed by atoms with Gasteiger partial charge in [0.1, 0.15) is 0 Å². The fourth-order valence-electron chi connectivity index (χ4n) is 2.64. The van der Waals surface area contributed by atoms with Gasteiger partial charge in [0.2, 0.25) is 5.91 Å². The smallest absolute Gasteiger partial charge is 0.225 e. The van der Waals surface area contributed by atoms with Crippen molar-refractivity contribution in [2.45, 2.75) is 39.5 Å². The maximum Gasteiger partial charge on any atom is 0.225 e. The van der Waals surface area contributed by atoms with Gasteiger partial charge in [-0.05, 0) is 31.2 Å². The van der Waals surface area contributed by atoms with Gasteiger partial charge in [-0.25, -0.2) is 0 Å². The predicted octanol–water partition coefficient (Wildman–Crippen LogP) is 3.36. The third-order valence-electron chi connectivity index (χ3n) is 3.85. The predicted molar refractivity (Wildman–Crippen MR) is 74.6 cm³/mol. The molecule has 1 amide bonds. The average molecular weight is 245 g/mol. The summed E-state index contributed by atoms with van der Waals surface area (Å²) in [5.74, 6) is 1.06. The maximum atomic E-state index is 11.9. The van der Waals surface area contributed by atoms with Gasteiger partial charge < -0.3 is 4.90 Å². The molecule has 98 valence electrons. The highest BCUT2D eigenvalue weighted by Crippen LogP contribution is 2.28. The lowest BCUT2D eigenvalue weighted by Gasteiger charge is -2.33. The summed E-state index contributed by atoms with van der Waals surface area (Å²) in [6.45, 7) is 7.90. The van der Waals surface area contributed by atoms with Gasteiger partial charge in [0, 0.05) is 19.0 Å². The molecule has 0 radical (unpaired) electrons. The van der Waals surface area contributed by atoms with E-state index in [9.17, 15) is 4.79 Å². The molecule has 0 aliphatic carbocycles. The molecule has 0 spiro atoms. The van der Waals surface area contributed by atoms with Crippen LogP contribution >= 0.6 is 0 Å². The minimum absolute atomic E-state index is 0.126. The summed E-state index contributed by atoms with van der Waals surface area (Å²) in [6.07, 6.45) is 2.20. The quantitative estimate of drug-likeness (QED) is 0.782. The zero-order valence-electron chi connectivity index (χ0n) is 11.6. The molecule has 0 atom stereocenters. The van der Waals surface area contributed by atoms with Crippen LogP contribution in [-0.2, 0) is 4.79 Å². The molecule has 0 aromatic heterocycles. The fourth-order valence-corrected chi connectivity index (χ4v) is 2.64. The number of piperidine rings is 1. The molecule has 2 nitrogen and oxygen atoms in total. The van der Waals surface area contributed by atoms with Crippen LogP contribution in [0.2, 0.25) is 0 Å². The van der Waals surface area contributed by atoms with Crippen molar-refractivity contribution in [1.82, 2.24) is 4.90 Å². The summed E-state index contributed by atoms with van der Waals surface area (Å²) >= 11 is 0. The van der Waals surface area contributed by atoms with E-state index < -0.39 is 0 Å². The Morgan fingerprint density at radius 1 is 1.17 bits per heavy atom. The second-order valence-electron chi connectivity index (χ2n) is 5.66. The van der Waals surface area contributed by atoms with Crippen molar-refractivity contribution < 1.29 is 4.79 Å². The first-order valence-electron chi connectivity index (χ1n) is 6.93. The highest BCUT2D eigenvalue weighted by molar-refractivity contribution is 5.78. The highest BCUT2D eigenvalue weighted by atomic mass is 16.2. The molecule has 0 saturated carbocycles. The Hall–Kier alpha value is -1.31. The van der Waals surface area contributed by atoms with Crippen LogP contribution in [0.3, 0.4) is 0 Å². The topological polar surface area (TPSA) is 20.3 Å². The normalized spacial score (nSPS) is 17.2. The number of rotatable bonds is 2. The Labute approximate surface area is 110 Å². The molecule has 0 N–H and O–H groups in total. The van der Waals surface area contributed by atoms with Gasteiger partial charge in [0.15, 0.2) is 0 Å². The number of aryl methyl sites for hydroxylation is 1. The van der Waals surface area contributed by atoms with E-state index in [4.69, 9.17) is 0 Å². The lowest BCUT2D eigenvalue weighted by molar-refractivity contribution is -0.135. The number of hydrogen-bond acceptors (Lipinski definition) is 1. The molecule has 1 saturated heterocycles. The Balaban J connectivity index is 1.94. The van der Waals surface area contributed by atoms with Crippen LogP contribution in [0.1, 0.15) is 43.7 Å². The Kier molecular flexibility index (Phi) is 4.05. The largest absolute Gasteiger partial charge is 0.342 e. The van der Waals surface area contributed by atoms with Crippen LogP contribution < -0.4 is 0 Å². The monoisotopic (exact) mass is 245 g/mol. The molecule has 1 aliphatic rings. The molecule has 2 rings (SSSR count). The first-order chi connectivity index (χ1) is 8.58. The zero-order chi connectivity index (χ0) is 13.1. The van der Waals surface area contributed by atoms with Crippen LogP contribution in [0.4, 0.5) is 0 Å². The van der Waals surface area contributed by atoms with Gasteiger partial charge in [0.05, 0.1) is 0 Å². The number of carbonyl (C=O) groups excluding carboxylic acids is 1. The molecular weight excluding hydrogens is 222 g/mol. The molecule has 1 aromatic carbocycles. The summed E-state index contributed by atoms with van der Waals surface area (Å²) in [6, 6.07) is 8.84. The van der Waals surface area contributed by atoms with Crippen molar-refractivity contribution in [2.75, 3.05) is 13.1 Å². The number of benzene rings is 1. The van der Waals surface area contributed by atoms with E-state index >= 15 is 0 Å². The number of carbonyl (C=O) groups is 1. The minimum atomic E-state index is 0.126. The van der Waals surface area contributed by atoms with Crippen molar-refractivity contribution in [2.24, 2.45) is 5.92 Å². The van der Waals surface area contributed by atoms with Gasteiger partial charge in [0.25, 0.3) is 0 Å². The second-order valence-corrected chi connectivity index (χ2v) is 5.66. The van der Waals surface area contributed by atoms with Gasteiger partial charge >= 0.3 is 0 Å². The van der Waals surface area contributed by atoms with E-state index in [0.29, 0.717) is 11.8 Å². The van der Waals surface area contributed by atoms with Crippen LogP contribution in [0.25, 0.3) is 0 Å². The van der Waals surface area contributed by atoms with Gasteiger partial charge in [-0.2, -0.15) is 0 Å². The van der Waals surface area contributed by atoms with Gasteiger partial charge in [-0.15, -0.1) is 0 Å². The first kappa shape index (κ1) is 13.1. The first-order valence-corrected chi connectivity index (χ1v) is 6.93. The summed E-state index contributed by atoms with van der Waals surface area (Å²) in [5.41, 5.74) is 2.74. The molecule has 1 aromatic rings. The summed E-state index contributed by atoms with van der Waals surface area (Å²) in [5, 5.41) is 0. The van der Waals surface area contributed by atoms with Crippen LogP contribution in [-0.4, -0.2) is 23.9 Å². The van der Waals surface area contributed by atoms with E-state index in [2.05, 4.69) is 31.2 Å². The van der Waals surface area contributed by atoms with Crippen LogP contribution in [0.5, 0.6) is 0 Å². The van der Waals surface area contributed by atoms with Crippen molar-refractivity contribution in [3.63, 3.8) is 0 Å². The van der Waals surface area contributed by atoms with E-state index in [1.165, 1.54) is 11.1 Å². The van der Waals surface area contributed by atoms with Crippen molar-refractivity contribution in [3.05, 3.63) is 35.4 Å². The third-order valence-corrected chi connectivity index (χ3v) is 3.85. The van der Waals surface area contributed by atoms with E-state index in [1.54, 1.807) is 0 Å². The average Bonchev–Trinajstić information content (AvgIpc) is 2.39. The number of amides is 1.